The molecule has 6 nitrogen and oxygen atoms in total. The predicted octanol–water partition coefficient (Wildman–Crippen LogP) is 1.74. The van der Waals surface area contributed by atoms with E-state index in [1.54, 1.807) is 23.4 Å². The molecule has 1 aromatic heterocycles. The fraction of sp³-hybridized carbons (Fsp3) is 0.471. The van der Waals surface area contributed by atoms with Crippen LogP contribution < -0.4 is 0 Å². The number of piperidine rings is 1. The van der Waals surface area contributed by atoms with Crippen molar-refractivity contribution in [2.24, 2.45) is 0 Å². The van der Waals surface area contributed by atoms with Gasteiger partial charge in [-0.3, -0.25) is 4.79 Å². The van der Waals surface area contributed by atoms with E-state index in [0.717, 1.165) is 25.2 Å². The van der Waals surface area contributed by atoms with Crippen molar-refractivity contribution in [2.45, 2.75) is 38.3 Å². The SMILES string of the molecule is CCn1cnnc1C1CCN(C(=O)C(O)c2ccccc2)CC1. The fourth-order valence-electron chi connectivity index (χ4n) is 3.13. The van der Waals surface area contributed by atoms with E-state index in [1.807, 2.05) is 18.2 Å². The first-order valence-electron chi connectivity index (χ1n) is 8.10. The summed E-state index contributed by atoms with van der Waals surface area (Å²) in [6.45, 7) is 4.21. The number of aryl methyl sites for hydroxylation is 1. The summed E-state index contributed by atoms with van der Waals surface area (Å²) in [5, 5.41) is 18.5. The van der Waals surface area contributed by atoms with Crippen LogP contribution in [-0.2, 0) is 11.3 Å². The number of rotatable bonds is 4. The van der Waals surface area contributed by atoms with Gasteiger partial charge in [-0.25, -0.2) is 0 Å². The molecule has 1 N–H and O–H groups in total. The average molecular weight is 314 g/mol. The van der Waals surface area contributed by atoms with E-state index in [0.29, 0.717) is 24.6 Å². The first-order valence-corrected chi connectivity index (χ1v) is 8.10. The summed E-state index contributed by atoms with van der Waals surface area (Å²) < 4.78 is 2.06. The Morgan fingerprint density at radius 1 is 1.30 bits per heavy atom. The van der Waals surface area contributed by atoms with Gasteiger partial charge in [0.05, 0.1) is 0 Å². The lowest BCUT2D eigenvalue weighted by Crippen LogP contribution is -2.41. The van der Waals surface area contributed by atoms with Crippen molar-refractivity contribution in [1.82, 2.24) is 19.7 Å². The standard InChI is InChI=1S/C17H22N4O2/c1-2-20-12-18-19-16(20)14-8-10-21(11-9-14)17(23)15(22)13-6-4-3-5-7-13/h3-7,12,14-15,22H,2,8-11H2,1H3. The molecule has 1 unspecified atom stereocenters. The molecule has 1 fully saturated rings. The highest BCUT2D eigenvalue weighted by atomic mass is 16.3. The van der Waals surface area contributed by atoms with Gasteiger partial charge < -0.3 is 14.6 Å². The van der Waals surface area contributed by atoms with Crippen molar-refractivity contribution >= 4 is 5.91 Å². The summed E-state index contributed by atoms with van der Waals surface area (Å²) in [5.41, 5.74) is 0.644. The van der Waals surface area contributed by atoms with Gasteiger partial charge in [0.25, 0.3) is 5.91 Å². The normalized spacial score (nSPS) is 17.2. The summed E-state index contributed by atoms with van der Waals surface area (Å²) in [4.78, 5) is 14.2. The van der Waals surface area contributed by atoms with Crippen LogP contribution in [0.25, 0.3) is 0 Å². The molecule has 1 aliphatic heterocycles. The summed E-state index contributed by atoms with van der Waals surface area (Å²) in [7, 11) is 0. The first-order chi connectivity index (χ1) is 11.2. The van der Waals surface area contributed by atoms with E-state index in [-0.39, 0.29) is 5.91 Å². The monoisotopic (exact) mass is 314 g/mol. The zero-order chi connectivity index (χ0) is 16.2. The minimum atomic E-state index is -1.08. The number of carbonyl (C=O) groups is 1. The van der Waals surface area contributed by atoms with E-state index in [9.17, 15) is 9.90 Å². The molecule has 2 heterocycles. The van der Waals surface area contributed by atoms with E-state index in [1.165, 1.54) is 0 Å². The van der Waals surface area contributed by atoms with Gasteiger partial charge >= 0.3 is 0 Å². The molecular weight excluding hydrogens is 292 g/mol. The maximum absolute atomic E-state index is 12.5. The molecule has 6 heteroatoms. The second-order valence-electron chi connectivity index (χ2n) is 5.89. The third-order valence-electron chi connectivity index (χ3n) is 4.51. The van der Waals surface area contributed by atoms with Crippen molar-refractivity contribution in [1.29, 1.82) is 0 Å². The maximum atomic E-state index is 12.5. The zero-order valence-electron chi connectivity index (χ0n) is 13.3. The summed E-state index contributed by atoms with van der Waals surface area (Å²) in [6.07, 6.45) is 2.39. The molecule has 1 aliphatic rings. The van der Waals surface area contributed by atoms with Crippen LogP contribution in [-0.4, -0.2) is 43.8 Å². The van der Waals surface area contributed by atoms with Gasteiger partial charge in [0.1, 0.15) is 12.2 Å². The van der Waals surface area contributed by atoms with Crippen molar-refractivity contribution in [2.75, 3.05) is 13.1 Å². The third kappa shape index (κ3) is 3.27. The second kappa shape index (κ2) is 6.91. The highest BCUT2D eigenvalue weighted by Gasteiger charge is 2.30. The Kier molecular flexibility index (Phi) is 4.71. The number of likely N-dealkylation sites (tertiary alicyclic amines) is 1. The van der Waals surface area contributed by atoms with Gasteiger partial charge in [0.15, 0.2) is 6.10 Å². The maximum Gasteiger partial charge on any atom is 0.256 e. The fourth-order valence-corrected chi connectivity index (χ4v) is 3.13. The Morgan fingerprint density at radius 3 is 2.65 bits per heavy atom. The molecule has 2 aromatic rings. The Labute approximate surface area is 135 Å². The topological polar surface area (TPSA) is 71.2 Å². The Balaban J connectivity index is 1.61. The number of aliphatic hydroxyl groups excluding tert-OH is 1. The van der Waals surface area contributed by atoms with E-state index in [2.05, 4.69) is 21.7 Å². The Morgan fingerprint density at radius 2 is 2.00 bits per heavy atom. The van der Waals surface area contributed by atoms with E-state index >= 15 is 0 Å². The summed E-state index contributed by atoms with van der Waals surface area (Å²) in [6, 6.07) is 9.08. The molecule has 0 saturated carbocycles. The molecule has 1 aromatic carbocycles. The minimum absolute atomic E-state index is 0.216. The quantitative estimate of drug-likeness (QED) is 0.933. The first kappa shape index (κ1) is 15.7. The molecule has 1 saturated heterocycles. The number of hydrogen-bond donors (Lipinski definition) is 1. The molecule has 0 spiro atoms. The highest BCUT2D eigenvalue weighted by molar-refractivity contribution is 5.82. The van der Waals surface area contributed by atoms with Crippen LogP contribution in [0, 0.1) is 0 Å². The molecule has 23 heavy (non-hydrogen) atoms. The molecule has 3 rings (SSSR count). The van der Waals surface area contributed by atoms with Crippen LogP contribution in [0.3, 0.4) is 0 Å². The number of benzene rings is 1. The largest absolute Gasteiger partial charge is 0.378 e. The summed E-state index contributed by atoms with van der Waals surface area (Å²) in [5.74, 6) is 1.12. The number of amides is 1. The van der Waals surface area contributed by atoms with Crippen LogP contribution in [0.2, 0.25) is 0 Å². The molecular formula is C17H22N4O2. The van der Waals surface area contributed by atoms with E-state index < -0.39 is 6.10 Å². The third-order valence-corrected chi connectivity index (χ3v) is 4.51. The van der Waals surface area contributed by atoms with Crippen LogP contribution in [0.1, 0.15) is 43.2 Å². The lowest BCUT2D eigenvalue weighted by molar-refractivity contribution is -0.141. The Bertz CT molecular complexity index is 648. The molecule has 122 valence electrons. The van der Waals surface area contributed by atoms with Gasteiger partial charge in [-0.1, -0.05) is 30.3 Å². The lowest BCUT2D eigenvalue weighted by Gasteiger charge is -2.33. The van der Waals surface area contributed by atoms with Crippen molar-refractivity contribution in [3.63, 3.8) is 0 Å². The van der Waals surface area contributed by atoms with Crippen LogP contribution in [0.5, 0.6) is 0 Å². The number of hydrogen-bond acceptors (Lipinski definition) is 4. The lowest BCUT2D eigenvalue weighted by atomic mass is 9.95. The summed E-state index contributed by atoms with van der Waals surface area (Å²) >= 11 is 0. The smallest absolute Gasteiger partial charge is 0.256 e. The van der Waals surface area contributed by atoms with Gasteiger partial charge in [-0.2, -0.15) is 0 Å². The van der Waals surface area contributed by atoms with Crippen LogP contribution in [0.15, 0.2) is 36.7 Å². The Hall–Kier alpha value is -2.21. The number of nitrogens with zero attached hydrogens (tertiary/aromatic N) is 4. The second-order valence-corrected chi connectivity index (χ2v) is 5.89. The van der Waals surface area contributed by atoms with Gasteiger partial charge in [0, 0.05) is 25.6 Å². The average Bonchev–Trinajstić information content (AvgIpc) is 3.10. The zero-order valence-corrected chi connectivity index (χ0v) is 13.3. The van der Waals surface area contributed by atoms with Crippen molar-refractivity contribution in [3.05, 3.63) is 48.0 Å². The predicted molar refractivity (Wildman–Crippen MR) is 85.7 cm³/mol. The van der Waals surface area contributed by atoms with Crippen molar-refractivity contribution < 1.29 is 9.90 Å². The minimum Gasteiger partial charge on any atom is -0.378 e. The van der Waals surface area contributed by atoms with Crippen molar-refractivity contribution in [3.8, 4) is 0 Å². The molecule has 0 radical (unpaired) electrons. The number of aliphatic hydroxyl groups is 1. The van der Waals surface area contributed by atoms with Gasteiger partial charge in [0.2, 0.25) is 0 Å². The van der Waals surface area contributed by atoms with E-state index in [4.69, 9.17) is 0 Å². The van der Waals surface area contributed by atoms with Crippen LogP contribution >= 0.6 is 0 Å². The molecule has 1 amide bonds. The van der Waals surface area contributed by atoms with Gasteiger partial charge in [-0.05, 0) is 25.3 Å². The number of aromatic nitrogens is 3. The molecule has 0 bridgehead atoms. The van der Waals surface area contributed by atoms with Gasteiger partial charge in [-0.15, -0.1) is 10.2 Å². The molecule has 0 aliphatic carbocycles. The van der Waals surface area contributed by atoms with Crippen LogP contribution in [0.4, 0.5) is 0 Å². The number of carbonyl (C=O) groups excluding carboxylic acids is 1. The highest BCUT2D eigenvalue weighted by Crippen LogP contribution is 2.28. The molecule has 1 atom stereocenters.